The van der Waals surface area contributed by atoms with Crippen molar-refractivity contribution < 1.29 is 19.3 Å². The third kappa shape index (κ3) is 3.33. The first-order valence-electron chi connectivity index (χ1n) is 10.6. The summed E-state index contributed by atoms with van der Waals surface area (Å²) >= 11 is 39.3. The second kappa shape index (κ2) is 8.73. The van der Waals surface area contributed by atoms with Crippen LogP contribution in [0.5, 0.6) is 0 Å². The number of benzene rings is 2. The second-order valence-electron chi connectivity index (χ2n) is 8.73. The zero-order chi connectivity index (χ0) is 27.1. The maximum atomic E-state index is 13.8. The minimum Gasteiger partial charge on any atom is -0.272 e. The first kappa shape index (κ1) is 26.5. The number of allylic oxidation sites excluding steroid dienone is 2. The van der Waals surface area contributed by atoms with E-state index in [2.05, 4.69) is 0 Å². The summed E-state index contributed by atoms with van der Waals surface area (Å²) in [6.45, 7) is -0.244. The lowest BCUT2D eigenvalue weighted by Gasteiger charge is -2.37. The van der Waals surface area contributed by atoms with Crippen molar-refractivity contribution in [3.63, 3.8) is 0 Å². The zero-order valence-electron chi connectivity index (χ0n) is 18.2. The Morgan fingerprint density at radius 1 is 0.919 bits per heavy atom. The van der Waals surface area contributed by atoms with E-state index in [0.29, 0.717) is 10.6 Å². The van der Waals surface area contributed by atoms with Crippen molar-refractivity contribution in [2.24, 2.45) is 11.8 Å². The van der Waals surface area contributed by atoms with E-state index in [0.717, 1.165) is 11.1 Å². The number of hydrogen-bond acceptors (Lipinski definition) is 5. The van der Waals surface area contributed by atoms with Gasteiger partial charge in [-0.25, -0.2) is 5.01 Å². The Bertz CT molecular complexity index is 1370. The number of fused-ring (bicyclic) bond motifs is 5. The first-order valence-corrected chi connectivity index (χ1v) is 12.9. The number of nitro benzene ring substituents is 1. The van der Waals surface area contributed by atoms with Gasteiger partial charge in [0.25, 0.3) is 23.4 Å². The fourth-order valence-corrected chi connectivity index (χ4v) is 8.04. The number of amides is 3. The van der Waals surface area contributed by atoms with Crippen LogP contribution in [0.4, 0.5) is 5.69 Å². The number of alkyl halides is 4. The van der Waals surface area contributed by atoms with E-state index in [4.69, 9.17) is 69.6 Å². The molecule has 0 aromatic heterocycles. The second-order valence-corrected chi connectivity index (χ2v) is 12.0. The smallest absolute Gasteiger partial charge is 0.272 e. The highest BCUT2D eigenvalue weighted by Gasteiger charge is 2.88. The Labute approximate surface area is 239 Å². The van der Waals surface area contributed by atoms with Crippen LogP contribution in [0.25, 0.3) is 0 Å². The minimum absolute atomic E-state index is 0.134. The van der Waals surface area contributed by atoms with Crippen molar-refractivity contribution in [3.05, 3.63) is 85.9 Å². The van der Waals surface area contributed by atoms with Gasteiger partial charge in [-0.2, -0.15) is 5.01 Å². The number of nitro groups is 1. The molecule has 3 aliphatic rings. The Kier molecular flexibility index (Phi) is 6.26. The van der Waals surface area contributed by atoms with Crippen LogP contribution in [-0.4, -0.2) is 46.7 Å². The number of halogens is 6. The van der Waals surface area contributed by atoms with E-state index in [1.807, 2.05) is 0 Å². The fourth-order valence-electron chi connectivity index (χ4n) is 5.11. The van der Waals surface area contributed by atoms with Gasteiger partial charge in [0.1, 0.15) is 9.75 Å². The van der Waals surface area contributed by atoms with Crippen LogP contribution >= 0.6 is 69.6 Å². The molecule has 2 aromatic rings. The molecule has 2 fully saturated rings. The Hall–Kier alpha value is -2.07. The van der Waals surface area contributed by atoms with Gasteiger partial charge in [-0.1, -0.05) is 82.8 Å². The number of hydrogen-bond donors (Lipinski definition) is 0. The maximum Gasteiger partial charge on any atom is 0.273 e. The van der Waals surface area contributed by atoms with Crippen molar-refractivity contribution >= 4 is 93.0 Å². The van der Waals surface area contributed by atoms with E-state index < -0.39 is 48.6 Å². The molecule has 1 heterocycles. The molecule has 0 N–H and O–H groups in total. The molecule has 3 amide bonds. The summed E-state index contributed by atoms with van der Waals surface area (Å²) in [7, 11) is 0. The van der Waals surface area contributed by atoms with Crippen molar-refractivity contribution in [2.45, 2.75) is 20.6 Å². The molecule has 2 aromatic carbocycles. The molecule has 8 nitrogen and oxygen atoms in total. The number of hydrazine groups is 1. The number of carbonyl (C=O) groups is 3. The molecule has 192 valence electrons. The summed E-state index contributed by atoms with van der Waals surface area (Å²) in [5.74, 6) is -5.59. The van der Waals surface area contributed by atoms with Gasteiger partial charge < -0.3 is 0 Å². The zero-order valence-corrected chi connectivity index (χ0v) is 22.7. The fraction of sp³-hybridized carbons (Fsp3) is 0.261. The molecular weight excluding hydrogens is 611 g/mol. The molecule has 2 aliphatic carbocycles. The van der Waals surface area contributed by atoms with E-state index in [1.54, 1.807) is 30.3 Å². The van der Waals surface area contributed by atoms with E-state index in [9.17, 15) is 24.5 Å². The van der Waals surface area contributed by atoms with Crippen LogP contribution in [0.2, 0.25) is 0 Å². The summed E-state index contributed by atoms with van der Waals surface area (Å²) in [6.07, 6.45) is 0. The van der Waals surface area contributed by atoms with Gasteiger partial charge in [-0.15, -0.1) is 23.2 Å². The molecule has 1 saturated carbocycles. The average molecular weight is 624 g/mol. The lowest BCUT2D eigenvalue weighted by atomic mass is 9.84. The first-order chi connectivity index (χ1) is 17.3. The number of nitrogens with zero attached hydrogens (tertiary/aromatic N) is 3. The number of imide groups is 1. The number of carbonyl (C=O) groups excluding carboxylic acids is 3. The van der Waals surface area contributed by atoms with Crippen LogP contribution in [-0.2, 0) is 16.1 Å². The molecule has 0 radical (unpaired) electrons. The highest BCUT2D eigenvalue weighted by atomic mass is 35.5. The molecule has 2 bridgehead atoms. The van der Waals surface area contributed by atoms with Crippen LogP contribution in [0, 0.1) is 22.0 Å². The van der Waals surface area contributed by atoms with Gasteiger partial charge >= 0.3 is 0 Å². The average Bonchev–Trinajstić information content (AvgIpc) is 3.26. The summed E-state index contributed by atoms with van der Waals surface area (Å²) in [6, 6.07) is 13.4. The van der Waals surface area contributed by atoms with Crippen molar-refractivity contribution in [1.29, 1.82) is 0 Å². The van der Waals surface area contributed by atoms with Crippen LogP contribution in [0.15, 0.2) is 64.7 Å². The van der Waals surface area contributed by atoms with Gasteiger partial charge in [0.2, 0.25) is 0 Å². The third-order valence-electron chi connectivity index (χ3n) is 6.84. The Morgan fingerprint density at radius 2 is 1.46 bits per heavy atom. The van der Waals surface area contributed by atoms with Gasteiger partial charge in [0, 0.05) is 17.7 Å². The maximum absolute atomic E-state index is 13.8. The van der Waals surface area contributed by atoms with E-state index >= 15 is 0 Å². The summed E-state index contributed by atoms with van der Waals surface area (Å²) in [5.41, 5.74) is 0.0715. The van der Waals surface area contributed by atoms with Gasteiger partial charge in [-0.05, 0) is 11.6 Å². The monoisotopic (exact) mass is 621 g/mol. The molecule has 0 unspecified atom stereocenters. The van der Waals surface area contributed by atoms with Gasteiger partial charge in [0.05, 0.1) is 33.4 Å². The number of non-ortho nitro benzene ring substituents is 1. The van der Waals surface area contributed by atoms with Crippen molar-refractivity contribution in [2.75, 3.05) is 0 Å². The van der Waals surface area contributed by atoms with E-state index in [1.165, 1.54) is 18.2 Å². The molecule has 14 heteroatoms. The molecule has 5 rings (SSSR count). The molecule has 1 saturated heterocycles. The highest BCUT2D eigenvalue weighted by molar-refractivity contribution is 6.66. The quantitative estimate of drug-likeness (QED) is 0.187. The summed E-state index contributed by atoms with van der Waals surface area (Å²) < 4.78 is -2.13. The molecule has 4 atom stereocenters. The van der Waals surface area contributed by atoms with Gasteiger partial charge in [0.15, 0.2) is 4.33 Å². The predicted molar refractivity (Wildman–Crippen MR) is 139 cm³/mol. The largest absolute Gasteiger partial charge is 0.273 e. The SMILES string of the molecule is O=C(c1cccc([N+](=O)[O-])c1)N(Cc1ccccc1)N1C(=O)[C@@H]2[C@H](C1=O)[C@@]1(Cl)C(Cl)=C(Cl)[C@@]2(Cl)C1(Cl)Cl. The molecular formula is C23H13Cl6N3O5. The standard InChI is InChI=1S/C23H13Cl6N3O5/c24-16-17(25)22(27)15-14(21(16,26)23(22,28)29)19(34)31(20(15)35)30(10-11-5-2-1-3-6-11)18(33)12-7-4-8-13(9-12)32(36)37/h1-9,14-15H,10H2/t14-,15+,21-,22-/m1/s1. The normalized spacial score (nSPS) is 29.6. The minimum atomic E-state index is -2.13. The Balaban J connectivity index is 1.62. The molecule has 37 heavy (non-hydrogen) atoms. The lowest BCUT2D eigenvalue weighted by Crippen LogP contribution is -2.55. The third-order valence-corrected chi connectivity index (χ3v) is 11.1. The van der Waals surface area contributed by atoms with Crippen LogP contribution < -0.4 is 0 Å². The van der Waals surface area contributed by atoms with Crippen LogP contribution in [0.3, 0.4) is 0 Å². The highest BCUT2D eigenvalue weighted by Crippen LogP contribution is 2.77. The van der Waals surface area contributed by atoms with Crippen molar-refractivity contribution in [3.8, 4) is 0 Å². The summed E-state index contributed by atoms with van der Waals surface area (Å²) in [4.78, 5) is 47.9. The predicted octanol–water partition coefficient (Wildman–Crippen LogP) is 5.60. The van der Waals surface area contributed by atoms with Crippen LogP contribution in [0.1, 0.15) is 15.9 Å². The lowest BCUT2D eigenvalue weighted by molar-refractivity contribution is -0.384. The molecule has 0 spiro atoms. The summed E-state index contributed by atoms with van der Waals surface area (Å²) in [5, 5.41) is 12.3. The topological polar surface area (TPSA) is 101 Å². The van der Waals surface area contributed by atoms with Crippen molar-refractivity contribution in [1.82, 2.24) is 10.0 Å². The van der Waals surface area contributed by atoms with Gasteiger partial charge in [-0.3, -0.25) is 24.5 Å². The van der Waals surface area contributed by atoms with E-state index in [-0.39, 0.29) is 27.9 Å². The molecule has 1 aliphatic heterocycles. The Morgan fingerprint density at radius 3 is 1.97 bits per heavy atom. The number of rotatable bonds is 5.